The van der Waals surface area contributed by atoms with Crippen molar-refractivity contribution in [2.45, 2.75) is 70.2 Å². The Morgan fingerprint density at radius 2 is 1.81 bits per heavy atom. The molecule has 8 nitrogen and oxygen atoms in total. The number of aliphatic hydroxyl groups excluding tert-OH is 1. The molecule has 4 heterocycles. The van der Waals surface area contributed by atoms with Crippen LogP contribution in [0, 0.1) is 25.7 Å². The summed E-state index contributed by atoms with van der Waals surface area (Å²) < 4.78 is 12.5. The molecule has 0 bridgehead atoms. The van der Waals surface area contributed by atoms with E-state index in [1.165, 1.54) is 4.90 Å². The highest BCUT2D eigenvalue weighted by molar-refractivity contribution is 6.06. The summed E-state index contributed by atoms with van der Waals surface area (Å²) in [7, 11) is 0. The number of anilines is 1. The van der Waals surface area contributed by atoms with Crippen LogP contribution >= 0.6 is 0 Å². The Labute approximate surface area is 217 Å². The van der Waals surface area contributed by atoms with Crippen LogP contribution in [0.4, 0.5) is 5.69 Å². The third-order valence-electron chi connectivity index (χ3n) is 8.52. The van der Waals surface area contributed by atoms with Gasteiger partial charge in [0.2, 0.25) is 5.91 Å². The molecule has 0 aromatic heterocycles. The first kappa shape index (κ1) is 25.7. The average Bonchev–Trinajstić information content (AvgIpc) is 3.26. The van der Waals surface area contributed by atoms with Crippen LogP contribution in [-0.4, -0.2) is 70.8 Å². The maximum absolute atomic E-state index is 14.5. The molecule has 0 saturated carbocycles. The zero-order valence-electron chi connectivity index (χ0n) is 22.0. The molecule has 1 aromatic rings. The molecular formula is C29H36N2O6. The summed E-state index contributed by atoms with van der Waals surface area (Å²) in [6.07, 6.45) is 9.47. The van der Waals surface area contributed by atoms with E-state index in [-0.39, 0.29) is 25.0 Å². The van der Waals surface area contributed by atoms with Crippen LogP contribution < -0.4 is 4.90 Å². The van der Waals surface area contributed by atoms with Gasteiger partial charge in [0.25, 0.3) is 5.91 Å². The molecule has 4 aliphatic rings. The average molecular weight is 509 g/mol. The normalized spacial score (nSPS) is 35.1. The van der Waals surface area contributed by atoms with E-state index in [2.05, 4.69) is 0 Å². The summed E-state index contributed by atoms with van der Waals surface area (Å²) in [5.41, 5.74) is 0.245. The molecule has 198 valence electrons. The summed E-state index contributed by atoms with van der Waals surface area (Å²) >= 11 is 0. The Balaban J connectivity index is 1.71. The molecule has 37 heavy (non-hydrogen) atoms. The number of esters is 1. The quantitative estimate of drug-likeness (QED) is 0.496. The standard InChI is InChI=1S/C29H36N2O6/c1-5-28-13-7-6-8-16-36-27(35)22(28)21-25(33)31(20(4)17-32)24-26(34)30(15-10-14-29(21,24)37-28)23-18(2)11-9-12-19(23)3/h7,9-14,20-22,24,32H,5-6,8,15-17H2,1-4H3/b13-7-/t20-,21+,22-,24?,28+,29+/m1/s1. The van der Waals surface area contributed by atoms with Gasteiger partial charge in [-0.1, -0.05) is 49.4 Å². The fourth-order valence-electron chi connectivity index (χ4n) is 6.81. The summed E-state index contributed by atoms with van der Waals surface area (Å²) in [5, 5.41) is 10.1. The first-order valence-corrected chi connectivity index (χ1v) is 13.2. The number of nitrogens with zero attached hydrogens (tertiary/aromatic N) is 2. The van der Waals surface area contributed by atoms with Gasteiger partial charge in [-0.05, 0) is 51.2 Å². The van der Waals surface area contributed by atoms with E-state index in [0.717, 1.165) is 23.2 Å². The number of hydrogen-bond donors (Lipinski definition) is 1. The number of carbonyl (C=O) groups excluding carboxylic acids is 3. The Morgan fingerprint density at radius 3 is 2.49 bits per heavy atom. The molecule has 2 fully saturated rings. The van der Waals surface area contributed by atoms with E-state index in [1.807, 2.05) is 63.3 Å². The van der Waals surface area contributed by atoms with E-state index in [4.69, 9.17) is 9.47 Å². The van der Waals surface area contributed by atoms with Gasteiger partial charge in [0.05, 0.1) is 25.2 Å². The number of aryl methyl sites for hydroxylation is 2. The lowest BCUT2D eigenvalue weighted by molar-refractivity contribution is -0.160. The van der Waals surface area contributed by atoms with Crippen molar-refractivity contribution in [3.63, 3.8) is 0 Å². The smallest absolute Gasteiger partial charge is 0.313 e. The van der Waals surface area contributed by atoms with Crippen LogP contribution in [0.5, 0.6) is 0 Å². The van der Waals surface area contributed by atoms with Crippen molar-refractivity contribution in [3.8, 4) is 0 Å². The number of likely N-dealkylation sites (tertiary alicyclic amines) is 1. The molecule has 2 amide bonds. The Kier molecular flexibility index (Phi) is 6.52. The third-order valence-corrected chi connectivity index (χ3v) is 8.52. The van der Waals surface area contributed by atoms with Crippen LogP contribution in [-0.2, 0) is 23.9 Å². The van der Waals surface area contributed by atoms with Crippen LogP contribution in [0.2, 0.25) is 0 Å². The number of aliphatic hydroxyl groups is 1. The minimum absolute atomic E-state index is 0.267. The molecule has 2 saturated heterocycles. The van der Waals surface area contributed by atoms with Crippen molar-refractivity contribution >= 4 is 23.5 Å². The topological polar surface area (TPSA) is 96.4 Å². The van der Waals surface area contributed by atoms with Crippen molar-refractivity contribution in [1.82, 2.24) is 4.90 Å². The highest BCUT2D eigenvalue weighted by Crippen LogP contribution is 2.58. The molecule has 8 heteroatoms. The largest absolute Gasteiger partial charge is 0.465 e. The van der Waals surface area contributed by atoms with E-state index < -0.39 is 41.1 Å². The van der Waals surface area contributed by atoms with Gasteiger partial charge in [0, 0.05) is 12.2 Å². The molecule has 1 aromatic carbocycles. The van der Waals surface area contributed by atoms with Gasteiger partial charge in [-0.25, -0.2) is 0 Å². The number of hydrogen-bond acceptors (Lipinski definition) is 6. The van der Waals surface area contributed by atoms with E-state index in [9.17, 15) is 19.5 Å². The van der Waals surface area contributed by atoms with Crippen molar-refractivity contribution in [2.75, 3.05) is 24.7 Å². The lowest BCUT2D eigenvalue weighted by atomic mass is 9.73. The summed E-state index contributed by atoms with van der Waals surface area (Å²) in [4.78, 5) is 45.4. The summed E-state index contributed by atoms with van der Waals surface area (Å²) in [5.74, 6) is -2.97. The van der Waals surface area contributed by atoms with Gasteiger partial charge >= 0.3 is 5.97 Å². The van der Waals surface area contributed by atoms with Gasteiger partial charge in [-0.2, -0.15) is 0 Å². The SMILES string of the molecule is CC[C@]12/C=C\CCCOC(=O)[C@H]1[C@H]1C(=O)N([C@H](C)CO)C3C(=O)N(c4c(C)cccc4C)CC=C[C@@]31O2. The maximum atomic E-state index is 14.5. The van der Waals surface area contributed by atoms with Gasteiger partial charge in [-0.3, -0.25) is 14.4 Å². The number of ether oxygens (including phenoxy) is 2. The molecule has 0 aliphatic carbocycles. The number of carbonyl (C=O) groups is 3. The zero-order valence-corrected chi connectivity index (χ0v) is 22.0. The molecule has 1 N–H and O–H groups in total. The van der Waals surface area contributed by atoms with E-state index in [1.54, 1.807) is 11.8 Å². The van der Waals surface area contributed by atoms with Crippen LogP contribution in [0.25, 0.3) is 0 Å². The van der Waals surface area contributed by atoms with Crippen LogP contribution in [0.15, 0.2) is 42.5 Å². The Hall–Kier alpha value is -2.97. The van der Waals surface area contributed by atoms with Crippen molar-refractivity contribution in [2.24, 2.45) is 11.8 Å². The molecule has 5 rings (SSSR count). The molecular weight excluding hydrogens is 472 g/mol. The zero-order chi connectivity index (χ0) is 26.5. The van der Waals surface area contributed by atoms with Crippen molar-refractivity contribution in [3.05, 3.63) is 53.6 Å². The Bertz CT molecular complexity index is 1160. The third kappa shape index (κ3) is 3.67. The highest BCUT2D eigenvalue weighted by atomic mass is 16.6. The number of amides is 2. The van der Waals surface area contributed by atoms with Gasteiger partial charge in [0.15, 0.2) is 0 Å². The number of rotatable bonds is 4. The molecule has 4 aliphatic heterocycles. The van der Waals surface area contributed by atoms with Crippen LogP contribution in [0.1, 0.15) is 44.2 Å². The lowest BCUT2D eigenvalue weighted by Crippen LogP contribution is -2.58. The molecule has 1 spiro atoms. The second kappa shape index (κ2) is 9.40. The summed E-state index contributed by atoms with van der Waals surface area (Å²) in [6, 6.07) is 4.19. The van der Waals surface area contributed by atoms with E-state index in [0.29, 0.717) is 19.4 Å². The van der Waals surface area contributed by atoms with E-state index >= 15 is 0 Å². The minimum atomic E-state index is -1.37. The molecule has 0 radical (unpaired) electrons. The Morgan fingerprint density at radius 1 is 1.08 bits per heavy atom. The minimum Gasteiger partial charge on any atom is -0.465 e. The van der Waals surface area contributed by atoms with Crippen LogP contribution in [0.3, 0.4) is 0 Å². The fraction of sp³-hybridized carbons (Fsp3) is 0.552. The number of para-hydroxylation sites is 1. The fourth-order valence-corrected chi connectivity index (χ4v) is 6.81. The summed E-state index contributed by atoms with van der Waals surface area (Å²) in [6.45, 7) is 7.81. The van der Waals surface area contributed by atoms with Crippen molar-refractivity contribution in [1.29, 1.82) is 0 Å². The number of fused-ring (bicyclic) bond motifs is 2. The number of cyclic esters (lactones) is 1. The predicted molar refractivity (Wildman–Crippen MR) is 138 cm³/mol. The number of allylic oxidation sites excluding steroid dienone is 1. The predicted octanol–water partition coefficient (Wildman–Crippen LogP) is 2.84. The number of benzene rings is 1. The molecule has 6 atom stereocenters. The van der Waals surface area contributed by atoms with Crippen molar-refractivity contribution < 1.29 is 29.0 Å². The first-order valence-electron chi connectivity index (χ1n) is 13.2. The second-order valence-electron chi connectivity index (χ2n) is 10.7. The van der Waals surface area contributed by atoms with Gasteiger partial charge in [-0.15, -0.1) is 0 Å². The monoisotopic (exact) mass is 508 g/mol. The maximum Gasteiger partial charge on any atom is 0.313 e. The second-order valence-corrected chi connectivity index (χ2v) is 10.7. The lowest BCUT2D eigenvalue weighted by Gasteiger charge is -2.40. The first-order chi connectivity index (χ1) is 17.7. The molecule has 1 unspecified atom stereocenters. The van der Waals surface area contributed by atoms with Gasteiger partial charge in [0.1, 0.15) is 23.2 Å². The van der Waals surface area contributed by atoms with Gasteiger partial charge < -0.3 is 24.4 Å². The highest BCUT2D eigenvalue weighted by Gasteiger charge is 2.75.